The van der Waals surface area contributed by atoms with Gasteiger partial charge in [-0.3, -0.25) is 4.79 Å². The Balaban J connectivity index is 1.45. The first kappa shape index (κ1) is 26.9. The summed E-state index contributed by atoms with van der Waals surface area (Å²) in [6.45, 7) is 1.92. The number of ether oxygens (including phenoxy) is 1. The number of halogens is 3. The normalized spacial score (nSPS) is 14.1. The molecule has 41 heavy (non-hydrogen) atoms. The zero-order valence-electron chi connectivity index (χ0n) is 21.5. The summed E-state index contributed by atoms with van der Waals surface area (Å²) < 4.78 is 22.4. The number of anilines is 1. The zero-order valence-corrected chi connectivity index (χ0v) is 23.8. The van der Waals surface area contributed by atoms with Crippen LogP contribution in [0.5, 0.6) is 5.75 Å². The van der Waals surface area contributed by atoms with Crippen molar-refractivity contribution in [1.82, 2.24) is 14.5 Å². The van der Waals surface area contributed by atoms with Crippen molar-refractivity contribution < 1.29 is 13.9 Å². The Morgan fingerprint density at radius 2 is 1.95 bits per heavy atom. The second-order valence-corrected chi connectivity index (χ2v) is 10.8. The van der Waals surface area contributed by atoms with Gasteiger partial charge in [-0.05, 0) is 73.2 Å². The molecule has 0 fully saturated rings. The fourth-order valence-electron chi connectivity index (χ4n) is 4.34. The number of hydrogen-bond donors (Lipinski definition) is 1. The number of hydrogen-bond acceptors (Lipinski definition) is 6. The number of aromatic nitrogens is 3. The molecule has 1 amide bonds. The minimum atomic E-state index is -0.331. The van der Waals surface area contributed by atoms with E-state index in [0.717, 1.165) is 16.8 Å². The molecule has 5 aromatic rings. The summed E-state index contributed by atoms with van der Waals surface area (Å²) in [6.07, 6.45) is 3.31. The zero-order chi connectivity index (χ0) is 28.5. The summed E-state index contributed by atoms with van der Waals surface area (Å²) >= 11 is 14.0. The van der Waals surface area contributed by atoms with E-state index in [1.807, 2.05) is 36.6 Å². The first-order chi connectivity index (χ1) is 19.9. The second-order valence-electron chi connectivity index (χ2n) is 9.12. The van der Waals surface area contributed by atoms with Gasteiger partial charge in [-0.1, -0.05) is 29.3 Å². The molecule has 0 aliphatic carbocycles. The van der Waals surface area contributed by atoms with Crippen LogP contribution >= 0.6 is 34.5 Å². The molecule has 8 nitrogen and oxygen atoms in total. The Morgan fingerprint density at radius 3 is 2.76 bits per heavy atom. The summed E-state index contributed by atoms with van der Waals surface area (Å²) in [4.78, 5) is 17.5. The Hall–Kier alpha value is -4.25. The molecule has 0 bridgehead atoms. The van der Waals surface area contributed by atoms with Gasteiger partial charge in [-0.25, -0.2) is 18.7 Å². The van der Waals surface area contributed by atoms with Crippen molar-refractivity contribution in [3.05, 3.63) is 110 Å². The van der Waals surface area contributed by atoms with Crippen LogP contribution < -0.4 is 14.9 Å². The van der Waals surface area contributed by atoms with Crippen LogP contribution in [0.25, 0.3) is 16.9 Å². The number of fused-ring (bicyclic) bond motifs is 1. The molecule has 3 aromatic carbocycles. The van der Waals surface area contributed by atoms with E-state index in [2.05, 4.69) is 10.4 Å². The maximum Gasteiger partial charge on any atom is 0.262 e. The summed E-state index contributed by atoms with van der Waals surface area (Å²) in [6, 6.07) is 18.4. The monoisotopic (exact) mass is 606 g/mol. The third-order valence-corrected chi connectivity index (χ3v) is 7.75. The maximum atomic E-state index is 13.5. The predicted octanol–water partition coefficient (Wildman–Crippen LogP) is 6.72. The van der Waals surface area contributed by atoms with E-state index >= 15 is 0 Å². The first-order valence-electron chi connectivity index (χ1n) is 12.5. The van der Waals surface area contributed by atoms with Crippen LogP contribution in [0.15, 0.2) is 88.4 Å². The third kappa shape index (κ3) is 5.67. The van der Waals surface area contributed by atoms with E-state index in [0.29, 0.717) is 37.7 Å². The van der Waals surface area contributed by atoms with Crippen LogP contribution in [0.2, 0.25) is 10.0 Å². The number of benzene rings is 3. The summed E-state index contributed by atoms with van der Waals surface area (Å²) in [7, 11) is 0. The molecule has 0 radical (unpaired) electrons. The SMILES string of the molecule is CC(N=c1scc(-c2ccc3c(c2)NC(=O)CO3)n1/N=C/c1ccnn1-c1ccc(F)cc1)c1ccc(Cl)cc1Cl. The fraction of sp³-hybridized carbons (Fsp3) is 0.103. The van der Waals surface area contributed by atoms with Gasteiger partial charge in [0.1, 0.15) is 11.6 Å². The van der Waals surface area contributed by atoms with Crippen molar-refractivity contribution in [1.29, 1.82) is 0 Å². The van der Waals surface area contributed by atoms with Gasteiger partial charge < -0.3 is 10.1 Å². The van der Waals surface area contributed by atoms with Crippen molar-refractivity contribution >= 4 is 52.3 Å². The van der Waals surface area contributed by atoms with Crippen LogP contribution in [-0.2, 0) is 4.79 Å². The number of thiazole rings is 1. The van der Waals surface area contributed by atoms with Gasteiger partial charge in [0.25, 0.3) is 5.91 Å². The van der Waals surface area contributed by atoms with Crippen molar-refractivity contribution in [2.75, 3.05) is 11.9 Å². The molecule has 1 atom stereocenters. The summed E-state index contributed by atoms with van der Waals surface area (Å²) in [5.74, 6) is 0.0458. The van der Waals surface area contributed by atoms with Gasteiger partial charge >= 0.3 is 0 Å². The van der Waals surface area contributed by atoms with Gasteiger partial charge in [0.2, 0.25) is 4.80 Å². The number of carbonyl (C=O) groups is 1. The van der Waals surface area contributed by atoms with Crippen LogP contribution in [0, 0.1) is 5.82 Å². The van der Waals surface area contributed by atoms with Gasteiger partial charge in [0.15, 0.2) is 6.61 Å². The van der Waals surface area contributed by atoms with Crippen LogP contribution in [0.4, 0.5) is 10.1 Å². The predicted molar refractivity (Wildman–Crippen MR) is 159 cm³/mol. The molecule has 0 saturated heterocycles. The molecule has 206 valence electrons. The van der Waals surface area contributed by atoms with Crippen molar-refractivity contribution in [3.8, 4) is 22.7 Å². The van der Waals surface area contributed by atoms with E-state index in [-0.39, 0.29) is 24.4 Å². The highest BCUT2D eigenvalue weighted by Gasteiger charge is 2.18. The standard InChI is InChI=1S/C29H21Cl2FN6O2S/c1-17(23-8-3-19(30)13-24(23)31)35-29-38(34-14-22-10-11-33-37(22)21-6-4-20(32)5-7-21)26(16-41-29)18-2-9-27-25(12-18)36-28(39)15-40-27/h2-14,16-17H,15H2,1H3,(H,36,39)/b34-14+,35-29?. The minimum Gasteiger partial charge on any atom is -0.482 e. The van der Waals surface area contributed by atoms with Crippen molar-refractivity contribution in [2.24, 2.45) is 10.1 Å². The van der Waals surface area contributed by atoms with E-state index in [1.165, 1.54) is 23.5 Å². The molecule has 0 spiro atoms. The lowest BCUT2D eigenvalue weighted by molar-refractivity contribution is -0.118. The number of carbonyl (C=O) groups excluding carboxylic acids is 1. The van der Waals surface area contributed by atoms with Crippen LogP contribution in [-0.4, -0.2) is 33.2 Å². The lowest BCUT2D eigenvalue weighted by Crippen LogP contribution is -2.25. The van der Waals surface area contributed by atoms with Gasteiger partial charge in [0.05, 0.1) is 41.2 Å². The minimum absolute atomic E-state index is 0.0228. The number of rotatable bonds is 6. The Bertz CT molecular complexity index is 1860. The van der Waals surface area contributed by atoms with Gasteiger partial charge in [-0.15, -0.1) is 11.3 Å². The van der Waals surface area contributed by atoms with Crippen LogP contribution in [0.1, 0.15) is 24.2 Å². The molecule has 1 N–H and O–H groups in total. The number of nitrogens with one attached hydrogen (secondary N) is 1. The summed E-state index contributed by atoms with van der Waals surface area (Å²) in [5.41, 5.74) is 4.31. The molecule has 3 heterocycles. The Labute approximate surface area is 248 Å². The fourth-order valence-corrected chi connectivity index (χ4v) is 5.83. The Kier molecular flexibility index (Phi) is 7.44. The molecule has 1 aliphatic heterocycles. The van der Waals surface area contributed by atoms with Crippen LogP contribution in [0.3, 0.4) is 0 Å². The van der Waals surface area contributed by atoms with Gasteiger partial charge in [-0.2, -0.15) is 10.2 Å². The lowest BCUT2D eigenvalue weighted by Gasteiger charge is -2.18. The van der Waals surface area contributed by atoms with Crippen molar-refractivity contribution in [2.45, 2.75) is 13.0 Å². The third-order valence-electron chi connectivity index (χ3n) is 6.36. The van der Waals surface area contributed by atoms with E-state index in [9.17, 15) is 9.18 Å². The van der Waals surface area contributed by atoms with E-state index < -0.39 is 0 Å². The van der Waals surface area contributed by atoms with E-state index in [4.69, 9.17) is 38.0 Å². The molecular weight excluding hydrogens is 586 g/mol. The molecule has 6 rings (SSSR count). The molecular formula is C29H21Cl2FN6O2S. The first-order valence-corrected chi connectivity index (χ1v) is 14.1. The molecule has 2 aromatic heterocycles. The molecule has 1 unspecified atom stereocenters. The van der Waals surface area contributed by atoms with Crippen molar-refractivity contribution in [3.63, 3.8) is 0 Å². The number of amides is 1. The lowest BCUT2D eigenvalue weighted by atomic mass is 10.1. The number of nitrogens with zero attached hydrogens (tertiary/aromatic N) is 5. The highest BCUT2D eigenvalue weighted by Crippen LogP contribution is 2.33. The summed E-state index contributed by atoms with van der Waals surface area (Å²) in [5, 5.41) is 15.0. The topological polar surface area (TPSA) is 85.8 Å². The van der Waals surface area contributed by atoms with E-state index in [1.54, 1.807) is 52.1 Å². The Morgan fingerprint density at radius 1 is 1.12 bits per heavy atom. The second kappa shape index (κ2) is 11.3. The molecule has 1 aliphatic rings. The molecule has 0 saturated carbocycles. The van der Waals surface area contributed by atoms with Gasteiger partial charge in [0, 0.05) is 21.0 Å². The highest BCUT2D eigenvalue weighted by atomic mass is 35.5. The average molecular weight is 607 g/mol. The molecule has 12 heteroatoms. The average Bonchev–Trinajstić information content (AvgIpc) is 3.58. The largest absolute Gasteiger partial charge is 0.482 e. The highest BCUT2D eigenvalue weighted by molar-refractivity contribution is 7.07. The smallest absolute Gasteiger partial charge is 0.262 e. The maximum absolute atomic E-state index is 13.5. The quantitative estimate of drug-likeness (QED) is 0.218.